The number of nitrogens with two attached hydrogens (primary N) is 1. The number of fused-ring (bicyclic) bond motifs is 2. The molecule has 9 heteroatoms. The van der Waals surface area contributed by atoms with Gasteiger partial charge in [0.2, 0.25) is 17.8 Å². The van der Waals surface area contributed by atoms with Gasteiger partial charge in [0.25, 0.3) is 0 Å². The van der Waals surface area contributed by atoms with E-state index in [2.05, 4.69) is 17.4 Å². The molecule has 0 unspecified atom stereocenters. The third-order valence-corrected chi connectivity index (χ3v) is 6.66. The maximum absolute atomic E-state index is 12.8. The van der Waals surface area contributed by atoms with E-state index in [1.165, 1.54) is 0 Å². The minimum Gasteiger partial charge on any atom is -0.366 e. The van der Waals surface area contributed by atoms with Gasteiger partial charge >= 0.3 is 0 Å². The number of benzene rings is 2. The number of aryl methyl sites for hydroxylation is 1. The van der Waals surface area contributed by atoms with Crippen molar-refractivity contribution in [2.24, 2.45) is 5.73 Å². The van der Waals surface area contributed by atoms with Crippen LogP contribution in [0.2, 0.25) is 0 Å². The lowest BCUT2D eigenvalue weighted by molar-refractivity contribution is -0.132. The number of likely N-dealkylation sites (N-methyl/N-ethyl adjacent to an activating group) is 1. The number of amides is 2. The summed E-state index contributed by atoms with van der Waals surface area (Å²) in [4.78, 5) is 38.5. The lowest BCUT2D eigenvalue weighted by atomic mass is 10.0. The standard InChI is InChI=1S/C28H31N7O2/c1-18-14-22-20(26(29)37)10-7-11-24(22)35(18)28-31-23-16-34(25(36)17-33(2)3)13-12-21(23)27(32-28)30-15-19-8-5-4-6-9-19/h4-11,14H,12-13,15-17H2,1-3H3,(H2,29,37)(H,30,31,32). The van der Waals surface area contributed by atoms with Gasteiger partial charge in [0.05, 0.1) is 24.3 Å². The molecule has 3 N–H and O–H groups in total. The molecule has 0 fully saturated rings. The van der Waals surface area contributed by atoms with Gasteiger partial charge in [-0.2, -0.15) is 4.98 Å². The number of hydrogen-bond acceptors (Lipinski definition) is 6. The SMILES string of the molecule is Cc1cc2c(C(N)=O)cccc2n1-c1nc2c(c(NCc3ccccc3)n1)CCN(C(=O)CN(C)C)C2. The largest absolute Gasteiger partial charge is 0.366 e. The molecule has 2 amide bonds. The maximum atomic E-state index is 12.8. The minimum atomic E-state index is -0.477. The van der Waals surface area contributed by atoms with Crippen molar-refractivity contribution in [1.82, 2.24) is 24.3 Å². The summed E-state index contributed by atoms with van der Waals surface area (Å²) >= 11 is 0. The van der Waals surface area contributed by atoms with Crippen molar-refractivity contribution >= 4 is 28.5 Å². The van der Waals surface area contributed by atoms with Crippen LogP contribution < -0.4 is 11.1 Å². The molecule has 4 aromatic rings. The highest BCUT2D eigenvalue weighted by molar-refractivity contribution is 6.06. The predicted molar refractivity (Wildman–Crippen MR) is 144 cm³/mol. The van der Waals surface area contributed by atoms with Crippen molar-refractivity contribution in [2.75, 3.05) is 32.5 Å². The summed E-state index contributed by atoms with van der Waals surface area (Å²) < 4.78 is 1.94. The molecule has 0 spiro atoms. The van der Waals surface area contributed by atoms with Crippen LogP contribution in [0.4, 0.5) is 5.82 Å². The number of primary amides is 1. The van der Waals surface area contributed by atoms with Crippen LogP contribution in [0.3, 0.4) is 0 Å². The molecule has 0 radical (unpaired) electrons. The Morgan fingerprint density at radius 2 is 1.86 bits per heavy atom. The van der Waals surface area contributed by atoms with E-state index in [9.17, 15) is 9.59 Å². The van der Waals surface area contributed by atoms with Crippen LogP contribution in [-0.4, -0.2) is 63.3 Å². The Labute approximate surface area is 215 Å². The molecule has 0 aliphatic carbocycles. The third-order valence-electron chi connectivity index (χ3n) is 6.66. The van der Waals surface area contributed by atoms with Crippen LogP contribution in [0, 0.1) is 6.92 Å². The van der Waals surface area contributed by atoms with Gasteiger partial charge in [-0.3, -0.25) is 14.2 Å². The highest BCUT2D eigenvalue weighted by Crippen LogP contribution is 2.29. The Morgan fingerprint density at radius 1 is 1.08 bits per heavy atom. The Hall–Kier alpha value is -4.24. The second kappa shape index (κ2) is 10.0. The predicted octanol–water partition coefficient (Wildman–Crippen LogP) is 2.89. The highest BCUT2D eigenvalue weighted by atomic mass is 16.2. The summed E-state index contributed by atoms with van der Waals surface area (Å²) in [7, 11) is 3.78. The maximum Gasteiger partial charge on any atom is 0.249 e. The van der Waals surface area contributed by atoms with Gasteiger partial charge in [-0.1, -0.05) is 36.4 Å². The minimum absolute atomic E-state index is 0.0725. The number of hydrogen-bond donors (Lipinski definition) is 2. The van der Waals surface area contributed by atoms with Crippen LogP contribution >= 0.6 is 0 Å². The molecule has 1 aliphatic rings. The van der Waals surface area contributed by atoms with Crippen LogP contribution in [-0.2, 0) is 24.3 Å². The second-order valence-electron chi connectivity index (χ2n) is 9.66. The van der Waals surface area contributed by atoms with Crippen molar-refractivity contribution in [3.63, 3.8) is 0 Å². The van der Waals surface area contributed by atoms with Crippen molar-refractivity contribution < 1.29 is 9.59 Å². The number of nitrogens with one attached hydrogen (secondary N) is 1. The van der Waals surface area contributed by atoms with Crippen LogP contribution in [0.25, 0.3) is 16.9 Å². The highest BCUT2D eigenvalue weighted by Gasteiger charge is 2.27. The smallest absolute Gasteiger partial charge is 0.249 e. The van der Waals surface area contributed by atoms with Crippen molar-refractivity contribution in [1.29, 1.82) is 0 Å². The Bertz CT molecular complexity index is 1480. The zero-order chi connectivity index (χ0) is 26.1. The number of aromatic nitrogens is 3. The van der Waals surface area contributed by atoms with Crippen LogP contribution in [0.5, 0.6) is 0 Å². The summed E-state index contributed by atoms with van der Waals surface area (Å²) in [5, 5.41) is 4.27. The Morgan fingerprint density at radius 3 is 2.59 bits per heavy atom. The van der Waals surface area contributed by atoms with Gasteiger partial charge in [-0.25, -0.2) is 4.98 Å². The van der Waals surface area contributed by atoms with Crippen molar-refractivity contribution in [2.45, 2.75) is 26.4 Å². The zero-order valence-corrected chi connectivity index (χ0v) is 21.4. The van der Waals surface area contributed by atoms with E-state index < -0.39 is 5.91 Å². The molecular formula is C28H31N7O2. The summed E-state index contributed by atoms with van der Waals surface area (Å²) in [6.07, 6.45) is 0.670. The second-order valence-corrected chi connectivity index (χ2v) is 9.66. The van der Waals surface area contributed by atoms with E-state index in [0.29, 0.717) is 44.1 Å². The molecule has 2 aromatic carbocycles. The van der Waals surface area contributed by atoms with E-state index in [-0.39, 0.29) is 5.91 Å². The lowest BCUT2D eigenvalue weighted by Crippen LogP contribution is -2.41. The molecule has 0 bridgehead atoms. The van der Waals surface area contributed by atoms with Gasteiger partial charge in [-0.15, -0.1) is 0 Å². The Balaban J connectivity index is 1.60. The van der Waals surface area contributed by atoms with Gasteiger partial charge in [-0.05, 0) is 51.2 Å². The van der Waals surface area contributed by atoms with Crippen molar-refractivity contribution in [3.8, 4) is 5.95 Å². The normalized spacial score (nSPS) is 13.1. The van der Waals surface area contributed by atoms with E-state index in [4.69, 9.17) is 15.7 Å². The van der Waals surface area contributed by atoms with Gasteiger partial charge in [0, 0.05) is 35.3 Å². The zero-order valence-electron chi connectivity index (χ0n) is 21.4. The lowest BCUT2D eigenvalue weighted by Gasteiger charge is -2.30. The average Bonchev–Trinajstić information content (AvgIpc) is 3.22. The number of carbonyl (C=O) groups excluding carboxylic acids is 2. The molecule has 1 aliphatic heterocycles. The van der Waals surface area contributed by atoms with E-state index in [1.54, 1.807) is 6.07 Å². The molecule has 0 saturated heterocycles. The Kier molecular flexibility index (Phi) is 6.62. The molecule has 9 nitrogen and oxygen atoms in total. The molecule has 37 heavy (non-hydrogen) atoms. The first-order chi connectivity index (χ1) is 17.8. The molecule has 0 saturated carbocycles. The van der Waals surface area contributed by atoms with Crippen LogP contribution in [0.15, 0.2) is 54.6 Å². The van der Waals surface area contributed by atoms with Gasteiger partial charge in [0.15, 0.2) is 0 Å². The molecular weight excluding hydrogens is 466 g/mol. The van der Waals surface area contributed by atoms with E-state index in [0.717, 1.165) is 39.2 Å². The molecule has 0 atom stereocenters. The molecule has 2 aromatic heterocycles. The first kappa shape index (κ1) is 24.5. The summed E-state index contributed by atoms with van der Waals surface area (Å²) in [6, 6.07) is 17.6. The number of carbonyl (C=O) groups is 2. The number of rotatable bonds is 7. The first-order valence-electron chi connectivity index (χ1n) is 12.3. The van der Waals surface area contributed by atoms with Gasteiger partial charge < -0.3 is 20.9 Å². The molecule has 190 valence electrons. The molecule has 5 rings (SSSR count). The quantitative estimate of drug-likeness (QED) is 0.406. The topological polar surface area (TPSA) is 109 Å². The van der Waals surface area contributed by atoms with Crippen LogP contribution in [0.1, 0.15) is 32.9 Å². The van der Waals surface area contributed by atoms with E-state index in [1.807, 2.05) is 71.8 Å². The van der Waals surface area contributed by atoms with Gasteiger partial charge in [0.1, 0.15) is 5.82 Å². The summed E-state index contributed by atoms with van der Waals surface area (Å²) in [6.45, 7) is 3.96. The summed E-state index contributed by atoms with van der Waals surface area (Å²) in [5.41, 5.74) is 10.8. The monoisotopic (exact) mass is 497 g/mol. The molecule has 3 heterocycles. The fourth-order valence-electron chi connectivity index (χ4n) is 4.87. The fraction of sp³-hybridized carbons (Fsp3) is 0.286. The summed E-state index contributed by atoms with van der Waals surface area (Å²) in [5.74, 6) is 0.846. The van der Waals surface area contributed by atoms with E-state index >= 15 is 0 Å². The third kappa shape index (κ3) is 4.90. The fourth-order valence-corrected chi connectivity index (χ4v) is 4.87. The number of nitrogens with zero attached hydrogens (tertiary/aromatic N) is 5. The van der Waals surface area contributed by atoms with Crippen molar-refractivity contribution in [3.05, 3.63) is 82.7 Å². The first-order valence-corrected chi connectivity index (χ1v) is 12.3. The average molecular weight is 498 g/mol. The number of anilines is 1.